The second-order valence-corrected chi connectivity index (χ2v) is 6.07. The molecule has 2 nitrogen and oxygen atoms in total. The predicted octanol–water partition coefficient (Wildman–Crippen LogP) is 3.56. The van der Waals surface area contributed by atoms with Crippen LogP contribution in [0.15, 0.2) is 24.3 Å². The highest BCUT2D eigenvalue weighted by atomic mass is 19.1. The summed E-state index contributed by atoms with van der Waals surface area (Å²) in [6.45, 7) is 0.819. The molecule has 1 aromatic rings. The number of nitrogens with two attached hydrogens (primary N) is 1. The SMILES string of the molecule is NC(c1ccc(F)cc1)C1CCOC2(CCCC2)C1. The molecule has 0 bridgehead atoms. The Morgan fingerprint density at radius 1 is 1.21 bits per heavy atom. The van der Waals surface area contributed by atoms with Gasteiger partial charge >= 0.3 is 0 Å². The highest BCUT2D eigenvalue weighted by Crippen LogP contribution is 2.44. The van der Waals surface area contributed by atoms with Crippen LogP contribution in [0.4, 0.5) is 4.39 Å². The molecular weight excluding hydrogens is 241 g/mol. The first kappa shape index (κ1) is 13.1. The Bertz CT molecular complexity index is 425. The first-order chi connectivity index (χ1) is 9.19. The Kier molecular flexibility index (Phi) is 3.59. The molecule has 2 unspecified atom stereocenters. The molecule has 19 heavy (non-hydrogen) atoms. The predicted molar refractivity (Wildman–Crippen MR) is 73.2 cm³/mol. The maximum absolute atomic E-state index is 13.0. The molecule has 1 saturated carbocycles. The summed E-state index contributed by atoms with van der Waals surface area (Å²) in [4.78, 5) is 0. The van der Waals surface area contributed by atoms with Crippen molar-refractivity contribution in [1.29, 1.82) is 0 Å². The highest BCUT2D eigenvalue weighted by Gasteiger charge is 2.41. The average molecular weight is 263 g/mol. The van der Waals surface area contributed by atoms with Crippen molar-refractivity contribution in [3.63, 3.8) is 0 Å². The van der Waals surface area contributed by atoms with Gasteiger partial charge in [0.15, 0.2) is 0 Å². The minimum atomic E-state index is -0.199. The van der Waals surface area contributed by atoms with Crippen LogP contribution in [0.3, 0.4) is 0 Å². The van der Waals surface area contributed by atoms with Crippen LogP contribution in [0, 0.1) is 11.7 Å². The van der Waals surface area contributed by atoms with E-state index in [2.05, 4.69) is 0 Å². The van der Waals surface area contributed by atoms with Crippen molar-refractivity contribution in [2.24, 2.45) is 11.7 Å². The maximum Gasteiger partial charge on any atom is 0.123 e. The molecule has 1 aliphatic carbocycles. The van der Waals surface area contributed by atoms with Crippen LogP contribution in [0.2, 0.25) is 0 Å². The largest absolute Gasteiger partial charge is 0.375 e. The number of benzene rings is 1. The van der Waals surface area contributed by atoms with E-state index < -0.39 is 0 Å². The van der Waals surface area contributed by atoms with Gasteiger partial charge < -0.3 is 10.5 Å². The van der Waals surface area contributed by atoms with Crippen molar-refractivity contribution in [3.05, 3.63) is 35.6 Å². The summed E-state index contributed by atoms with van der Waals surface area (Å²) < 4.78 is 19.0. The van der Waals surface area contributed by atoms with Crippen LogP contribution in [0.5, 0.6) is 0 Å². The lowest BCUT2D eigenvalue weighted by molar-refractivity contribution is -0.0963. The summed E-state index contributed by atoms with van der Waals surface area (Å²) in [5.74, 6) is 0.257. The Balaban J connectivity index is 1.72. The van der Waals surface area contributed by atoms with Gasteiger partial charge in [-0.25, -0.2) is 4.39 Å². The molecule has 0 amide bonds. The molecule has 0 radical (unpaired) electrons. The summed E-state index contributed by atoms with van der Waals surface area (Å²) in [5.41, 5.74) is 7.53. The van der Waals surface area contributed by atoms with E-state index in [4.69, 9.17) is 10.5 Å². The van der Waals surface area contributed by atoms with Crippen LogP contribution in [-0.4, -0.2) is 12.2 Å². The van der Waals surface area contributed by atoms with E-state index in [1.807, 2.05) is 12.1 Å². The Morgan fingerprint density at radius 2 is 1.89 bits per heavy atom. The van der Waals surface area contributed by atoms with Crippen molar-refractivity contribution >= 4 is 0 Å². The molecule has 1 aromatic carbocycles. The molecule has 1 saturated heterocycles. The second kappa shape index (κ2) is 5.22. The molecule has 1 aliphatic heterocycles. The molecule has 1 heterocycles. The molecule has 1 spiro atoms. The molecule has 2 fully saturated rings. The van der Waals surface area contributed by atoms with Gasteiger partial charge in [0.2, 0.25) is 0 Å². The summed E-state index contributed by atoms with van der Waals surface area (Å²) in [5, 5.41) is 0. The molecule has 2 aliphatic rings. The summed E-state index contributed by atoms with van der Waals surface area (Å²) in [6, 6.07) is 6.63. The zero-order valence-electron chi connectivity index (χ0n) is 11.3. The third-order valence-corrected chi connectivity index (χ3v) is 4.81. The molecule has 3 rings (SSSR count). The Labute approximate surface area is 114 Å². The lowest BCUT2D eigenvalue weighted by Gasteiger charge is -2.40. The lowest BCUT2D eigenvalue weighted by Crippen LogP contribution is -2.40. The van der Waals surface area contributed by atoms with Gasteiger partial charge in [0, 0.05) is 12.6 Å². The average Bonchev–Trinajstić information content (AvgIpc) is 2.87. The number of hydrogen-bond donors (Lipinski definition) is 1. The summed E-state index contributed by atoms with van der Waals surface area (Å²) in [7, 11) is 0. The van der Waals surface area contributed by atoms with Gasteiger partial charge in [-0.2, -0.15) is 0 Å². The van der Waals surface area contributed by atoms with E-state index in [1.54, 1.807) is 0 Å². The highest BCUT2D eigenvalue weighted by molar-refractivity contribution is 5.20. The van der Waals surface area contributed by atoms with E-state index in [0.717, 1.165) is 25.0 Å². The first-order valence-corrected chi connectivity index (χ1v) is 7.34. The van der Waals surface area contributed by atoms with Gasteiger partial charge in [0.25, 0.3) is 0 Å². The fourth-order valence-corrected chi connectivity index (χ4v) is 3.70. The third-order valence-electron chi connectivity index (χ3n) is 4.81. The molecule has 2 N–H and O–H groups in total. The summed E-state index contributed by atoms with van der Waals surface area (Å²) in [6.07, 6.45) is 6.99. The zero-order valence-corrected chi connectivity index (χ0v) is 11.3. The third kappa shape index (κ3) is 2.67. The van der Waals surface area contributed by atoms with Crippen molar-refractivity contribution in [2.45, 2.75) is 50.2 Å². The van der Waals surface area contributed by atoms with E-state index in [0.29, 0.717) is 5.92 Å². The number of hydrogen-bond acceptors (Lipinski definition) is 2. The molecule has 0 aromatic heterocycles. The number of halogens is 1. The van der Waals surface area contributed by atoms with Gasteiger partial charge in [-0.3, -0.25) is 0 Å². The van der Waals surface area contributed by atoms with Crippen molar-refractivity contribution in [2.75, 3.05) is 6.61 Å². The van der Waals surface area contributed by atoms with E-state index in [1.165, 1.54) is 37.8 Å². The number of rotatable bonds is 2. The fourth-order valence-electron chi connectivity index (χ4n) is 3.70. The summed E-state index contributed by atoms with van der Waals surface area (Å²) >= 11 is 0. The van der Waals surface area contributed by atoms with Gasteiger partial charge in [-0.1, -0.05) is 25.0 Å². The van der Waals surface area contributed by atoms with Crippen molar-refractivity contribution in [1.82, 2.24) is 0 Å². The normalized spacial score (nSPS) is 27.6. The van der Waals surface area contributed by atoms with Gasteiger partial charge in [0.1, 0.15) is 5.82 Å². The Hall–Kier alpha value is -0.930. The number of ether oxygens (including phenoxy) is 1. The van der Waals surface area contributed by atoms with Gasteiger partial charge in [0.05, 0.1) is 5.60 Å². The Morgan fingerprint density at radius 3 is 2.58 bits per heavy atom. The van der Waals surface area contributed by atoms with Crippen LogP contribution in [0.25, 0.3) is 0 Å². The zero-order chi connectivity index (χ0) is 13.3. The van der Waals surface area contributed by atoms with E-state index >= 15 is 0 Å². The van der Waals surface area contributed by atoms with Crippen LogP contribution in [-0.2, 0) is 4.74 Å². The van der Waals surface area contributed by atoms with Gasteiger partial charge in [-0.05, 0) is 49.3 Å². The quantitative estimate of drug-likeness (QED) is 0.885. The van der Waals surface area contributed by atoms with Crippen LogP contribution < -0.4 is 5.73 Å². The van der Waals surface area contributed by atoms with E-state index in [-0.39, 0.29) is 17.5 Å². The van der Waals surface area contributed by atoms with Crippen molar-refractivity contribution in [3.8, 4) is 0 Å². The lowest BCUT2D eigenvalue weighted by atomic mass is 9.79. The standard InChI is InChI=1S/C16H22FNO/c17-14-5-3-12(4-6-14)15(18)13-7-10-19-16(11-13)8-1-2-9-16/h3-6,13,15H,1-2,7-11,18H2. The molecule has 104 valence electrons. The second-order valence-electron chi connectivity index (χ2n) is 6.07. The molecular formula is C16H22FNO. The van der Waals surface area contributed by atoms with Crippen LogP contribution in [0.1, 0.15) is 50.1 Å². The molecule has 2 atom stereocenters. The molecule has 3 heteroatoms. The maximum atomic E-state index is 13.0. The fraction of sp³-hybridized carbons (Fsp3) is 0.625. The monoisotopic (exact) mass is 263 g/mol. The van der Waals surface area contributed by atoms with Gasteiger partial charge in [-0.15, -0.1) is 0 Å². The minimum absolute atomic E-state index is 0.00183. The smallest absolute Gasteiger partial charge is 0.123 e. The van der Waals surface area contributed by atoms with Crippen LogP contribution >= 0.6 is 0 Å². The topological polar surface area (TPSA) is 35.2 Å². The minimum Gasteiger partial charge on any atom is -0.375 e. The van der Waals surface area contributed by atoms with Crippen molar-refractivity contribution < 1.29 is 9.13 Å². The first-order valence-electron chi connectivity index (χ1n) is 7.34. The van der Waals surface area contributed by atoms with E-state index in [9.17, 15) is 4.39 Å².